The molecule has 3 amide bonds. The van der Waals surface area contributed by atoms with Crippen LogP contribution in [0.4, 0.5) is 5.69 Å². The highest BCUT2D eigenvalue weighted by atomic mass is 32.1. The van der Waals surface area contributed by atoms with E-state index in [-0.39, 0.29) is 30.6 Å². The van der Waals surface area contributed by atoms with Crippen molar-refractivity contribution in [2.24, 2.45) is 4.99 Å². The molecule has 0 radical (unpaired) electrons. The number of aryl methyl sites for hydroxylation is 1. The lowest BCUT2D eigenvalue weighted by atomic mass is 10.0. The fourth-order valence-electron chi connectivity index (χ4n) is 3.74. The van der Waals surface area contributed by atoms with E-state index in [1.54, 1.807) is 24.3 Å². The maximum atomic E-state index is 12.9. The van der Waals surface area contributed by atoms with Crippen LogP contribution in [0.15, 0.2) is 47.5 Å². The smallest absolute Gasteiger partial charge is 0.279 e. The van der Waals surface area contributed by atoms with Crippen molar-refractivity contribution < 1.29 is 14.4 Å². The minimum Gasteiger partial charge on any atom is -0.316 e. The van der Waals surface area contributed by atoms with Crippen molar-refractivity contribution in [3.05, 3.63) is 58.4 Å². The first-order chi connectivity index (χ1) is 14.9. The maximum Gasteiger partial charge on any atom is 0.279 e. The van der Waals surface area contributed by atoms with Gasteiger partial charge in [-0.05, 0) is 54.3 Å². The second-order valence-electron chi connectivity index (χ2n) is 8.00. The number of imide groups is 1. The van der Waals surface area contributed by atoms with Crippen LogP contribution in [0.1, 0.15) is 61.9 Å². The first-order valence-electron chi connectivity index (χ1n) is 10.6. The largest absolute Gasteiger partial charge is 0.316 e. The quantitative estimate of drug-likeness (QED) is 0.549. The first kappa shape index (κ1) is 21.2. The van der Waals surface area contributed by atoms with Crippen LogP contribution in [0.2, 0.25) is 0 Å². The van der Waals surface area contributed by atoms with Crippen molar-refractivity contribution in [1.82, 2.24) is 4.57 Å². The van der Waals surface area contributed by atoms with Crippen molar-refractivity contribution in [3.63, 3.8) is 0 Å². The van der Waals surface area contributed by atoms with Gasteiger partial charge in [-0.1, -0.05) is 38.2 Å². The molecule has 6 nitrogen and oxygen atoms in total. The Bertz CT molecular complexity index is 1220. The SMILES string of the molecule is CCCn1c(=NC(=O)c2ccc(N3C(=O)CCC3=O)cc2)sc2cc(C(C)C)ccc21. The van der Waals surface area contributed by atoms with Crippen molar-refractivity contribution in [3.8, 4) is 0 Å². The summed E-state index contributed by atoms with van der Waals surface area (Å²) in [4.78, 5) is 43.0. The summed E-state index contributed by atoms with van der Waals surface area (Å²) < 4.78 is 3.21. The Labute approximate surface area is 184 Å². The summed E-state index contributed by atoms with van der Waals surface area (Å²) >= 11 is 1.52. The molecule has 0 saturated carbocycles. The number of rotatable bonds is 5. The molecule has 31 heavy (non-hydrogen) atoms. The van der Waals surface area contributed by atoms with E-state index in [2.05, 4.69) is 48.5 Å². The van der Waals surface area contributed by atoms with Crippen LogP contribution >= 0.6 is 11.3 Å². The van der Waals surface area contributed by atoms with Gasteiger partial charge in [0.1, 0.15) is 0 Å². The predicted molar refractivity (Wildman–Crippen MR) is 122 cm³/mol. The zero-order valence-corrected chi connectivity index (χ0v) is 18.7. The lowest BCUT2D eigenvalue weighted by Gasteiger charge is -2.13. The molecule has 0 unspecified atom stereocenters. The zero-order valence-electron chi connectivity index (χ0n) is 17.9. The summed E-state index contributed by atoms with van der Waals surface area (Å²) in [6.45, 7) is 7.21. The Kier molecular flexibility index (Phi) is 5.87. The monoisotopic (exact) mass is 435 g/mol. The Balaban J connectivity index is 1.69. The third-order valence-corrected chi connectivity index (χ3v) is 6.48. The normalized spacial score (nSPS) is 15.0. The van der Waals surface area contributed by atoms with Crippen LogP contribution in [0.25, 0.3) is 10.2 Å². The van der Waals surface area contributed by atoms with Gasteiger partial charge >= 0.3 is 0 Å². The van der Waals surface area contributed by atoms with Crippen molar-refractivity contribution >= 4 is 45.0 Å². The molecule has 4 rings (SSSR count). The molecule has 1 aliphatic heterocycles. The third kappa shape index (κ3) is 4.10. The van der Waals surface area contributed by atoms with Gasteiger partial charge in [-0.2, -0.15) is 4.99 Å². The number of nitrogens with zero attached hydrogens (tertiary/aromatic N) is 3. The molecule has 160 valence electrons. The van der Waals surface area contributed by atoms with Crippen molar-refractivity contribution in [1.29, 1.82) is 0 Å². The Morgan fingerprint density at radius 3 is 2.35 bits per heavy atom. The molecule has 0 N–H and O–H groups in total. The van der Waals surface area contributed by atoms with Crippen LogP contribution in [-0.2, 0) is 16.1 Å². The van der Waals surface area contributed by atoms with Gasteiger partial charge in [0.25, 0.3) is 5.91 Å². The summed E-state index contributed by atoms with van der Waals surface area (Å²) in [5, 5.41) is 0. The Hall–Kier alpha value is -3.06. The Morgan fingerprint density at radius 2 is 1.74 bits per heavy atom. The molecular formula is C24H25N3O3S. The number of fused-ring (bicyclic) bond motifs is 1. The highest BCUT2D eigenvalue weighted by Crippen LogP contribution is 2.25. The lowest BCUT2D eigenvalue weighted by Crippen LogP contribution is -2.28. The lowest BCUT2D eigenvalue weighted by molar-refractivity contribution is -0.121. The van der Waals surface area contributed by atoms with E-state index in [0.717, 1.165) is 23.2 Å². The van der Waals surface area contributed by atoms with Crippen LogP contribution in [0.5, 0.6) is 0 Å². The summed E-state index contributed by atoms with van der Waals surface area (Å²) in [5.74, 6) is -0.326. The highest BCUT2D eigenvalue weighted by Gasteiger charge is 2.30. The number of hydrogen-bond donors (Lipinski definition) is 0. The average molecular weight is 436 g/mol. The van der Waals surface area contributed by atoms with E-state index in [0.29, 0.717) is 22.0 Å². The molecule has 2 heterocycles. The number of thiazole rings is 1. The minimum atomic E-state index is -0.342. The summed E-state index contributed by atoms with van der Waals surface area (Å²) in [6.07, 6.45) is 1.40. The van der Waals surface area contributed by atoms with E-state index in [1.807, 2.05) is 0 Å². The Morgan fingerprint density at radius 1 is 1.06 bits per heavy atom. The van der Waals surface area contributed by atoms with Crippen LogP contribution in [-0.4, -0.2) is 22.3 Å². The maximum absolute atomic E-state index is 12.9. The van der Waals surface area contributed by atoms with Gasteiger partial charge in [-0.15, -0.1) is 0 Å². The van der Waals surface area contributed by atoms with Gasteiger partial charge in [-0.25, -0.2) is 0 Å². The number of hydrogen-bond acceptors (Lipinski definition) is 4. The molecule has 7 heteroatoms. The van der Waals surface area contributed by atoms with Crippen LogP contribution in [0, 0.1) is 0 Å². The molecule has 3 aromatic rings. The number of carbonyl (C=O) groups excluding carboxylic acids is 3. The molecule has 0 aliphatic carbocycles. The zero-order chi connectivity index (χ0) is 22.1. The molecule has 2 aromatic carbocycles. The van der Waals surface area contributed by atoms with Crippen molar-refractivity contribution in [2.75, 3.05) is 4.90 Å². The fourth-order valence-corrected chi connectivity index (χ4v) is 4.85. The van der Waals surface area contributed by atoms with Crippen LogP contribution < -0.4 is 9.70 Å². The highest BCUT2D eigenvalue weighted by molar-refractivity contribution is 7.16. The molecule has 1 aromatic heterocycles. The summed E-state index contributed by atoms with van der Waals surface area (Å²) in [5.41, 5.74) is 3.26. The topological polar surface area (TPSA) is 71.7 Å². The van der Waals surface area contributed by atoms with Gasteiger partial charge in [0.15, 0.2) is 4.80 Å². The second-order valence-corrected chi connectivity index (χ2v) is 9.01. The number of amides is 3. The summed E-state index contributed by atoms with van der Waals surface area (Å²) in [6, 6.07) is 12.9. The van der Waals surface area contributed by atoms with Crippen molar-refractivity contribution in [2.45, 2.75) is 52.5 Å². The molecule has 1 aliphatic rings. The second kappa shape index (κ2) is 8.59. The standard InChI is InChI=1S/C24H25N3O3S/c1-4-13-26-19-10-7-17(15(2)3)14-20(19)31-24(26)25-23(30)16-5-8-18(9-6-16)27-21(28)11-12-22(27)29/h5-10,14-15H,4,11-13H2,1-3H3. The molecule has 0 spiro atoms. The molecule has 0 bridgehead atoms. The van der Waals surface area contributed by atoms with E-state index in [4.69, 9.17) is 0 Å². The van der Waals surface area contributed by atoms with E-state index in [1.165, 1.54) is 21.8 Å². The number of carbonyl (C=O) groups is 3. The minimum absolute atomic E-state index is 0.208. The molecular weight excluding hydrogens is 410 g/mol. The van der Waals surface area contributed by atoms with Gasteiger partial charge in [0.2, 0.25) is 11.8 Å². The number of anilines is 1. The number of benzene rings is 2. The van der Waals surface area contributed by atoms with E-state index >= 15 is 0 Å². The molecule has 1 fully saturated rings. The van der Waals surface area contributed by atoms with Crippen LogP contribution in [0.3, 0.4) is 0 Å². The van der Waals surface area contributed by atoms with Gasteiger partial charge < -0.3 is 4.57 Å². The predicted octanol–water partition coefficient (Wildman–Crippen LogP) is 4.63. The van der Waals surface area contributed by atoms with Gasteiger partial charge in [0.05, 0.1) is 15.9 Å². The number of aromatic nitrogens is 1. The fraction of sp³-hybridized carbons (Fsp3) is 0.333. The third-order valence-electron chi connectivity index (χ3n) is 5.44. The van der Waals surface area contributed by atoms with Gasteiger partial charge in [0, 0.05) is 24.9 Å². The first-order valence-corrected chi connectivity index (χ1v) is 11.4. The summed E-state index contributed by atoms with van der Waals surface area (Å²) in [7, 11) is 0. The van der Waals surface area contributed by atoms with E-state index in [9.17, 15) is 14.4 Å². The van der Waals surface area contributed by atoms with E-state index < -0.39 is 0 Å². The van der Waals surface area contributed by atoms with Gasteiger partial charge in [-0.3, -0.25) is 19.3 Å². The molecule has 0 atom stereocenters. The average Bonchev–Trinajstić information content (AvgIpc) is 3.27. The molecule has 1 saturated heterocycles.